The van der Waals surface area contributed by atoms with Crippen LogP contribution >= 0.6 is 23.2 Å². The van der Waals surface area contributed by atoms with Crippen LogP contribution in [0.15, 0.2) is 42.5 Å². The number of halogens is 2. The van der Waals surface area contributed by atoms with Crippen molar-refractivity contribution in [2.75, 3.05) is 12.4 Å². The first kappa shape index (κ1) is 18.8. The highest BCUT2D eigenvalue weighted by Gasteiger charge is 2.14. The predicted octanol–water partition coefficient (Wildman–Crippen LogP) is 4.58. The van der Waals surface area contributed by atoms with Gasteiger partial charge < -0.3 is 14.8 Å². The Morgan fingerprint density at radius 1 is 1.16 bits per heavy atom. The molecule has 2 aromatic carbocycles. The molecule has 0 aliphatic heterocycles. The van der Waals surface area contributed by atoms with E-state index in [2.05, 4.69) is 5.32 Å². The zero-order valence-electron chi connectivity index (χ0n) is 13.5. The summed E-state index contributed by atoms with van der Waals surface area (Å²) in [4.78, 5) is 23.2. The van der Waals surface area contributed by atoms with Gasteiger partial charge in [0, 0.05) is 23.7 Å². The molecule has 0 unspecified atom stereocenters. The van der Waals surface area contributed by atoms with Crippen LogP contribution < -0.4 is 14.8 Å². The molecular weight excluding hydrogens is 365 g/mol. The predicted molar refractivity (Wildman–Crippen MR) is 98.4 cm³/mol. The third kappa shape index (κ3) is 5.24. The molecule has 0 aromatic heterocycles. The maximum absolute atomic E-state index is 12.0. The minimum atomic E-state index is -0.528. The number of anilines is 1. The van der Waals surface area contributed by atoms with E-state index in [1.54, 1.807) is 36.4 Å². The summed E-state index contributed by atoms with van der Waals surface area (Å²) < 4.78 is 10.2. The van der Waals surface area contributed by atoms with E-state index in [0.717, 1.165) is 0 Å². The highest BCUT2D eigenvalue weighted by Crippen LogP contribution is 2.38. The largest absolute Gasteiger partial charge is 0.493 e. The molecule has 0 spiro atoms. The Kier molecular flexibility index (Phi) is 6.44. The van der Waals surface area contributed by atoms with Crippen LogP contribution in [0.2, 0.25) is 10.0 Å². The molecule has 2 aromatic rings. The van der Waals surface area contributed by atoms with Crippen molar-refractivity contribution in [1.82, 2.24) is 0 Å². The molecule has 1 N–H and O–H groups in total. The zero-order valence-corrected chi connectivity index (χ0v) is 15.0. The number of ether oxygens (including phenoxy) is 2. The number of hydrogen-bond acceptors (Lipinski definition) is 4. The van der Waals surface area contributed by atoms with Gasteiger partial charge in [0.15, 0.2) is 11.5 Å². The quantitative estimate of drug-likeness (QED) is 0.469. The first-order chi connectivity index (χ1) is 11.9. The Morgan fingerprint density at radius 2 is 1.92 bits per heavy atom. The molecule has 0 bridgehead atoms. The molecule has 0 saturated heterocycles. The van der Waals surface area contributed by atoms with Crippen LogP contribution in [0.25, 0.3) is 6.08 Å². The van der Waals surface area contributed by atoms with Crippen molar-refractivity contribution in [2.24, 2.45) is 0 Å². The lowest BCUT2D eigenvalue weighted by Gasteiger charge is -2.11. The van der Waals surface area contributed by atoms with Crippen molar-refractivity contribution >= 4 is 46.8 Å². The molecule has 25 heavy (non-hydrogen) atoms. The second-order valence-corrected chi connectivity index (χ2v) is 5.74. The number of methoxy groups -OCH3 is 1. The number of carbonyl (C=O) groups is 2. The summed E-state index contributed by atoms with van der Waals surface area (Å²) in [5, 5.41) is 3.37. The summed E-state index contributed by atoms with van der Waals surface area (Å²) in [6, 6.07) is 10.0. The smallest absolute Gasteiger partial charge is 0.308 e. The van der Waals surface area contributed by atoms with Gasteiger partial charge >= 0.3 is 5.97 Å². The summed E-state index contributed by atoms with van der Waals surface area (Å²) in [5.74, 6) is -0.460. The molecule has 0 aliphatic carbocycles. The standard InChI is InChI=1S/C18H15Cl2NO4/c1-11(22)25-18-15(24-2)8-6-12(17(18)20)7-9-16(23)21-14-5-3-4-13(19)10-14/h3-10H,1-2H3,(H,21,23). The third-order valence-electron chi connectivity index (χ3n) is 3.06. The third-order valence-corrected chi connectivity index (χ3v) is 3.69. The summed E-state index contributed by atoms with van der Waals surface area (Å²) in [6.07, 6.45) is 2.82. The van der Waals surface area contributed by atoms with Gasteiger partial charge in [0.1, 0.15) is 0 Å². The van der Waals surface area contributed by atoms with Gasteiger partial charge in [0.25, 0.3) is 0 Å². The number of benzene rings is 2. The number of nitrogens with one attached hydrogen (secondary N) is 1. The monoisotopic (exact) mass is 379 g/mol. The van der Waals surface area contributed by atoms with Gasteiger partial charge in [-0.3, -0.25) is 9.59 Å². The Bertz CT molecular complexity index is 834. The van der Waals surface area contributed by atoms with Gasteiger partial charge in [0.2, 0.25) is 5.91 Å². The number of rotatable bonds is 5. The fourth-order valence-corrected chi connectivity index (χ4v) is 2.45. The van der Waals surface area contributed by atoms with Crippen molar-refractivity contribution < 1.29 is 19.1 Å². The van der Waals surface area contributed by atoms with Gasteiger partial charge in [-0.05, 0) is 42.0 Å². The lowest BCUT2D eigenvalue weighted by molar-refractivity contribution is -0.132. The van der Waals surface area contributed by atoms with Gasteiger partial charge in [0.05, 0.1) is 12.1 Å². The average Bonchev–Trinajstić information content (AvgIpc) is 2.55. The fourth-order valence-electron chi connectivity index (χ4n) is 2.00. The first-order valence-corrected chi connectivity index (χ1v) is 7.96. The van der Waals surface area contributed by atoms with Crippen molar-refractivity contribution in [1.29, 1.82) is 0 Å². The van der Waals surface area contributed by atoms with Gasteiger partial charge in [-0.15, -0.1) is 0 Å². The van der Waals surface area contributed by atoms with Crippen LogP contribution in [0.3, 0.4) is 0 Å². The first-order valence-electron chi connectivity index (χ1n) is 7.20. The molecule has 0 aliphatic rings. The van der Waals surface area contributed by atoms with E-state index in [-0.39, 0.29) is 16.7 Å². The Morgan fingerprint density at radius 3 is 2.56 bits per heavy atom. The SMILES string of the molecule is COc1ccc(C=CC(=O)Nc2cccc(Cl)c2)c(Cl)c1OC(C)=O. The van der Waals surface area contributed by atoms with Crippen LogP contribution in [-0.4, -0.2) is 19.0 Å². The number of carbonyl (C=O) groups excluding carboxylic acids is 2. The maximum Gasteiger partial charge on any atom is 0.308 e. The highest BCUT2D eigenvalue weighted by molar-refractivity contribution is 6.34. The van der Waals surface area contributed by atoms with Crippen LogP contribution in [0.1, 0.15) is 12.5 Å². The Labute approximate surface area is 155 Å². The van der Waals surface area contributed by atoms with Gasteiger partial charge in [-0.2, -0.15) is 0 Å². The number of amides is 1. The molecule has 130 valence electrons. The molecule has 5 nitrogen and oxygen atoms in total. The number of esters is 1. The van der Waals surface area contributed by atoms with E-state index in [0.29, 0.717) is 22.0 Å². The van der Waals surface area contributed by atoms with Crippen molar-refractivity contribution in [3.8, 4) is 11.5 Å². The van der Waals surface area contributed by atoms with Crippen LogP contribution in [0, 0.1) is 0 Å². The topological polar surface area (TPSA) is 64.6 Å². The van der Waals surface area contributed by atoms with Crippen molar-refractivity contribution in [3.63, 3.8) is 0 Å². The summed E-state index contributed by atoms with van der Waals surface area (Å²) in [5.41, 5.74) is 1.07. The number of hydrogen-bond donors (Lipinski definition) is 1. The molecule has 1 amide bonds. The molecule has 0 heterocycles. The molecular formula is C18H15Cl2NO4. The maximum atomic E-state index is 12.0. The van der Waals surface area contributed by atoms with Crippen LogP contribution in [0.4, 0.5) is 5.69 Å². The van der Waals surface area contributed by atoms with E-state index in [1.807, 2.05) is 0 Å². The van der Waals surface area contributed by atoms with Crippen molar-refractivity contribution in [2.45, 2.75) is 6.92 Å². The zero-order chi connectivity index (χ0) is 18.4. The minimum Gasteiger partial charge on any atom is -0.493 e. The normalized spacial score (nSPS) is 10.6. The highest BCUT2D eigenvalue weighted by atomic mass is 35.5. The van der Waals surface area contributed by atoms with Crippen LogP contribution in [0.5, 0.6) is 11.5 Å². The lowest BCUT2D eigenvalue weighted by Crippen LogP contribution is -2.07. The molecule has 0 saturated carbocycles. The van der Waals surface area contributed by atoms with E-state index in [9.17, 15) is 9.59 Å². The second-order valence-electron chi connectivity index (χ2n) is 4.93. The molecule has 0 fully saturated rings. The summed E-state index contributed by atoms with van der Waals surface area (Å²) in [6.45, 7) is 1.26. The summed E-state index contributed by atoms with van der Waals surface area (Å²) in [7, 11) is 1.44. The Hall–Kier alpha value is -2.50. The minimum absolute atomic E-state index is 0.106. The van der Waals surface area contributed by atoms with Gasteiger partial charge in [-0.1, -0.05) is 29.3 Å². The summed E-state index contributed by atoms with van der Waals surface area (Å²) >= 11 is 12.1. The van der Waals surface area contributed by atoms with E-state index in [4.69, 9.17) is 32.7 Å². The van der Waals surface area contributed by atoms with Gasteiger partial charge in [-0.25, -0.2) is 0 Å². The van der Waals surface area contributed by atoms with Crippen molar-refractivity contribution in [3.05, 3.63) is 58.1 Å². The second kappa shape index (κ2) is 8.55. The average molecular weight is 380 g/mol. The van der Waals surface area contributed by atoms with E-state index >= 15 is 0 Å². The molecule has 0 radical (unpaired) electrons. The molecule has 7 heteroatoms. The fraction of sp³-hybridized carbons (Fsp3) is 0.111. The Balaban J connectivity index is 2.19. The molecule has 0 atom stereocenters. The van der Waals surface area contributed by atoms with E-state index < -0.39 is 5.97 Å². The van der Waals surface area contributed by atoms with Crippen LogP contribution in [-0.2, 0) is 9.59 Å². The molecule has 2 rings (SSSR count). The van der Waals surface area contributed by atoms with E-state index in [1.165, 1.54) is 26.2 Å². The lowest BCUT2D eigenvalue weighted by atomic mass is 10.1.